The highest BCUT2D eigenvalue weighted by Crippen LogP contribution is 2.19. The largest absolute Gasteiger partial charge is 0.481 e. The Kier molecular flexibility index (Phi) is 10.9. The van der Waals surface area contributed by atoms with Crippen LogP contribution in [0.3, 0.4) is 0 Å². The van der Waals surface area contributed by atoms with Gasteiger partial charge in [0.05, 0.1) is 12.5 Å². The monoisotopic (exact) mass is 549 g/mol. The molecule has 0 bridgehead atoms. The lowest BCUT2D eigenvalue weighted by atomic mass is 10.0. The third kappa shape index (κ3) is 9.08. The standard InChI is InChI=1S/C24H31N5O10/c1-11(30)20(25)23(37)28-16(9-19(33)34)22(36)27-15(6-7-18(31)32)21(35)29-17(24(38)39)8-12-10-26-14-5-3-2-4-13(12)14/h2-5,10-11,15-17,20,26,30H,6-9,25H2,1H3,(H,27,36)(H,28,37)(H,29,35)(H,31,32)(H,33,34)(H,38,39). The highest BCUT2D eigenvalue weighted by atomic mass is 16.4. The number of aromatic amines is 1. The fourth-order valence-electron chi connectivity index (χ4n) is 3.67. The molecule has 0 spiro atoms. The van der Waals surface area contributed by atoms with Crippen molar-refractivity contribution in [1.82, 2.24) is 20.9 Å². The quantitative estimate of drug-likeness (QED) is 0.121. The van der Waals surface area contributed by atoms with Crippen LogP contribution in [0, 0.1) is 0 Å². The number of amides is 3. The first-order valence-electron chi connectivity index (χ1n) is 11.9. The molecule has 0 aliphatic heterocycles. The molecule has 0 fully saturated rings. The average Bonchev–Trinajstić information content (AvgIpc) is 3.27. The molecule has 1 aromatic heterocycles. The van der Waals surface area contributed by atoms with Crippen molar-refractivity contribution in [2.45, 2.75) is 62.9 Å². The number of nitrogens with two attached hydrogens (primary N) is 1. The first-order valence-corrected chi connectivity index (χ1v) is 11.9. The summed E-state index contributed by atoms with van der Waals surface area (Å²) < 4.78 is 0. The van der Waals surface area contributed by atoms with Crippen LogP contribution >= 0.6 is 0 Å². The van der Waals surface area contributed by atoms with E-state index in [1.54, 1.807) is 30.5 Å². The SMILES string of the molecule is CC(O)C(N)C(=O)NC(CC(=O)O)C(=O)NC(CCC(=O)O)C(=O)NC(Cc1c[nH]c2ccccc12)C(=O)O. The van der Waals surface area contributed by atoms with E-state index in [-0.39, 0.29) is 6.42 Å². The van der Waals surface area contributed by atoms with Crippen molar-refractivity contribution in [3.8, 4) is 0 Å². The number of hydrogen-bond donors (Lipinski definition) is 9. The normalized spacial score (nSPS) is 14.8. The van der Waals surface area contributed by atoms with Crippen LogP contribution in [0.2, 0.25) is 0 Å². The Hall–Kier alpha value is -4.50. The topological polar surface area (TPSA) is 261 Å². The number of aliphatic hydroxyl groups is 1. The van der Waals surface area contributed by atoms with Crippen molar-refractivity contribution in [2.75, 3.05) is 0 Å². The van der Waals surface area contributed by atoms with Gasteiger partial charge in [0.2, 0.25) is 17.7 Å². The van der Waals surface area contributed by atoms with Crippen molar-refractivity contribution >= 4 is 46.5 Å². The second-order valence-electron chi connectivity index (χ2n) is 8.88. The predicted molar refractivity (Wildman–Crippen MR) is 134 cm³/mol. The minimum absolute atomic E-state index is 0.139. The van der Waals surface area contributed by atoms with Crippen LogP contribution in [0.5, 0.6) is 0 Å². The van der Waals surface area contributed by atoms with Gasteiger partial charge in [-0.2, -0.15) is 0 Å². The number of carbonyl (C=O) groups excluding carboxylic acids is 3. The van der Waals surface area contributed by atoms with E-state index >= 15 is 0 Å². The number of nitrogens with one attached hydrogen (secondary N) is 4. The van der Waals surface area contributed by atoms with E-state index in [9.17, 15) is 39.0 Å². The molecule has 212 valence electrons. The minimum Gasteiger partial charge on any atom is -0.481 e. The molecule has 1 heterocycles. The molecule has 5 atom stereocenters. The Morgan fingerprint density at radius 1 is 0.872 bits per heavy atom. The van der Waals surface area contributed by atoms with Gasteiger partial charge in [0.1, 0.15) is 24.2 Å². The number of fused-ring (bicyclic) bond motifs is 1. The average molecular weight is 550 g/mol. The molecule has 15 heteroatoms. The lowest BCUT2D eigenvalue weighted by molar-refractivity contribution is -0.143. The highest BCUT2D eigenvalue weighted by Gasteiger charge is 2.32. The molecule has 15 nitrogen and oxygen atoms in total. The molecule has 0 saturated carbocycles. The fraction of sp³-hybridized carbons (Fsp3) is 0.417. The van der Waals surface area contributed by atoms with Crippen LogP contribution in [0.1, 0.15) is 31.7 Å². The number of aliphatic hydroxyl groups excluding tert-OH is 1. The van der Waals surface area contributed by atoms with Crippen molar-refractivity contribution < 1.29 is 49.2 Å². The van der Waals surface area contributed by atoms with Gasteiger partial charge in [-0.25, -0.2) is 4.79 Å². The number of aliphatic carboxylic acids is 3. The molecule has 0 aliphatic rings. The summed E-state index contributed by atoms with van der Waals surface area (Å²) in [6.45, 7) is 1.21. The summed E-state index contributed by atoms with van der Waals surface area (Å²) in [5, 5.41) is 44.7. The molecule has 5 unspecified atom stereocenters. The van der Waals surface area contributed by atoms with E-state index in [1.165, 1.54) is 6.92 Å². The molecule has 1 aromatic carbocycles. The lowest BCUT2D eigenvalue weighted by Crippen LogP contribution is -2.58. The molecule has 2 rings (SSSR count). The maximum atomic E-state index is 13.0. The summed E-state index contributed by atoms with van der Waals surface area (Å²) in [7, 11) is 0. The van der Waals surface area contributed by atoms with E-state index in [2.05, 4.69) is 20.9 Å². The zero-order chi connectivity index (χ0) is 29.3. The summed E-state index contributed by atoms with van der Waals surface area (Å²) in [5.41, 5.74) is 6.85. The maximum absolute atomic E-state index is 13.0. The summed E-state index contributed by atoms with van der Waals surface area (Å²) in [6, 6.07) is 0.820. The minimum atomic E-state index is -1.73. The summed E-state index contributed by atoms with van der Waals surface area (Å²) >= 11 is 0. The molecular weight excluding hydrogens is 518 g/mol. The number of carboxylic acids is 3. The van der Waals surface area contributed by atoms with Crippen molar-refractivity contribution in [3.63, 3.8) is 0 Å². The molecule has 10 N–H and O–H groups in total. The number of para-hydroxylation sites is 1. The van der Waals surface area contributed by atoms with Gasteiger partial charge in [-0.1, -0.05) is 18.2 Å². The van der Waals surface area contributed by atoms with Crippen molar-refractivity contribution in [2.24, 2.45) is 5.73 Å². The van der Waals surface area contributed by atoms with Crippen LogP contribution in [-0.2, 0) is 35.2 Å². The summed E-state index contributed by atoms with van der Waals surface area (Å²) in [4.78, 5) is 75.4. The van der Waals surface area contributed by atoms with Gasteiger partial charge >= 0.3 is 17.9 Å². The number of H-pyrrole nitrogens is 1. The highest BCUT2D eigenvalue weighted by molar-refractivity contribution is 5.96. The van der Waals surface area contributed by atoms with Gasteiger partial charge in [0, 0.05) is 29.9 Å². The number of carboxylic acid groups (broad SMARTS) is 3. The van der Waals surface area contributed by atoms with Gasteiger partial charge in [-0.15, -0.1) is 0 Å². The molecule has 0 radical (unpaired) electrons. The zero-order valence-corrected chi connectivity index (χ0v) is 20.9. The summed E-state index contributed by atoms with van der Waals surface area (Å²) in [5.74, 6) is -7.41. The third-order valence-corrected chi connectivity index (χ3v) is 5.83. The molecule has 39 heavy (non-hydrogen) atoms. The molecule has 2 aromatic rings. The first kappa shape index (κ1) is 30.7. The van der Waals surface area contributed by atoms with E-state index < -0.39 is 85.2 Å². The van der Waals surface area contributed by atoms with Gasteiger partial charge in [-0.05, 0) is 25.0 Å². The van der Waals surface area contributed by atoms with Gasteiger partial charge < -0.3 is 47.1 Å². The fourth-order valence-corrected chi connectivity index (χ4v) is 3.67. The van der Waals surface area contributed by atoms with Gasteiger partial charge in [-0.3, -0.25) is 24.0 Å². The van der Waals surface area contributed by atoms with E-state index in [0.29, 0.717) is 5.56 Å². The maximum Gasteiger partial charge on any atom is 0.326 e. The molecule has 3 amide bonds. The molecule has 0 aliphatic carbocycles. The Bertz CT molecular complexity index is 1230. The van der Waals surface area contributed by atoms with Crippen LogP contribution in [0.15, 0.2) is 30.5 Å². The Morgan fingerprint density at radius 2 is 1.46 bits per heavy atom. The zero-order valence-electron chi connectivity index (χ0n) is 20.9. The van der Waals surface area contributed by atoms with Crippen LogP contribution in [0.25, 0.3) is 10.9 Å². The Balaban J connectivity index is 2.22. The number of hydrogen-bond acceptors (Lipinski definition) is 8. The van der Waals surface area contributed by atoms with Crippen LogP contribution in [-0.4, -0.2) is 91.3 Å². The number of aromatic nitrogens is 1. The Labute approximate surface area is 221 Å². The van der Waals surface area contributed by atoms with E-state index in [4.69, 9.17) is 15.9 Å². The Morgan fingerprint density at radius 3 is 2.05 bits per heavy atom. The molecule has 0 saturated heterocycles. The smallest absolute Gasteiger partial charge is 0.326 e. The van der Waals surface area contributed by atoms with E-state index in [1.807, 2.05) is 0 Å². The number of carbonyl (C=O) groups is 6. The van der Waals surface area contributed by atoms with Crippen LogP contribution in [0.4, 0.5) is 0 Å². The number of rotatable bonds is 15. The second kappa shape index (κ2) is 13.9. The van der Waals surface area contributed by atoms with Crippen molar-refractivity contribution in [1.29, 1.82) is 0 Å². The summed E-state index contributed by atoms with van der Waals surface area (Å²) in [6.07, 6.45) is -1.85. The number of benzene rings is 1. The first-order chi connectivity index (χ1) is 18.3. The third-order valence-electron chi connectivity index (χ3n) is 5.83. The van der Waals surface area contributed by atoms with E-state index in [0.717, 1.165) is 10.9 Å². The van der Waals surface area contributed by atoms with Crippen molar-refractivity contribution in [3.05, 3.63) is 36.0 Å². The predicted octanol–water partition coefficient (Wildman–Crippen LogP) is -1.70. The van der Waals surface area contributed by atoms with Gasteiger partial charge in [0.15, 0.2) is 0 Å². The molecular formula is C24H31N5O10. The van der Waals surface area contributed by atoms with Gasteiger partial charge in [0.25, 0.3) is 0 Å². The lowest BCUT2D eigenvalue weighted by Gasteiger charge is -2.24. The second-order valence-corrected chi connectivity index (χ2v) is 8.88. The van der Waals surface area contributed by atoms with Crippen LogP contribution < -0.4 is 21.7 Å².